The number of non-ortho nitro benzene ring substituents is 1. The standard InChI is InChI=1S/C18H15N3O3/c1-20(2)17-14-10-13(21(23)24)8-9-16(14)19-11-15(17)18(22)12-6-4-3-5-7-12/h3-11H,1-2H3. The first-order valence-electron chi connectivity index (χ1n) is 7.33. The first-order valence-corrected chi connectivity index (χ1v) is 7.33. The minimum absolute atomic E-state index is 0.0308. The molecule has 0 amide bonds. The second-order valence-electron chi connectivity index (χ2n) is 5.57. The molecule has 0 aliphatic carbocycles. The quantitative estimate of drug-likeness (QED) is 0.418. The number of carbonyl (C=O) groups excluding carboxylic acids is 1. The van der Waals surface area contributed by atoms with Crippen molar-refractivity contribution < 1.29 is 9.72 Å². The lowest BCUT2D eigenvalue weighted by Crippen LogP contribution is -2.15. The molecule has 0 unspecified atom stereocenters. The lowest BCUT2D eigenvalue weighted by Gasteiger charge is -2.19. The summed E-state index contributed by atoms with van der Waals surface area (Å²) in [5.74, 6) is -0.166. The molecule has 6 heteroatoms. The highest BCUT2D eigenvalue weighted by Gasteiger charge is 2.20. The van der Waals surface area contributed by atoms with Crippen LogP contribution in [0.25, 0.3) is 10.9 Å². The van der Waals surface area contributed by atoms with Gasteiger partial charge in [-0.25, -0.2) is 0 Å². The minimum atomic E-state index is -0.454. The molecule has 0 spiro atoms. The normalized spacial score (nSPS) is 10.6. The fourth-order valence-electron chi connectivity index (χ4n) is 2.67. The molecule has 6 nitrogen and oxygen atoms in total. The highest BCUT2D eigenvalue weighted by atomic mass is 16.6. The molecule has 0 radical (unpaired) electrons. The molecular weight excluding hydrogens is 306 g/mol. The largest absolute Gasteiger partial charge is 0.376 e. The van der Waals surface area contributed by atoms with Gasteiger partial charge in [0.25, 0.3) is 5.69 Å². The van der Waals surface area contributed by atoms with E-state index in [-0.39, 0.29) is 11.5 Å². The number of fused-ring (bicyclic) bond motifs is 1. The first-order chi connectivity index (χ1) is 11.5. The maximum Gasteiger partial charge on any atom is 0.270 e. The molecule has 0 aliphatic rings. The molecule has 0 atom stereocenters. The third kappa shape index (κ3) is 2.69. The van der Waals surface area contributed by atoms with Crippen LogP contribution in [0.4, 0.5) is 11.4 Å². The Morgan fingerprint density at radius 3 is 2.46 bits per heavy atom. The Balaban J connectivity index is 2.26. The van der Waals surface area contributed by atoms with Gasteiger partial charge in [-0.05, 0) is 6.07 Å². The second kappa shape index (κ2) is 6.08. The lowest BCUT2D eigenvalue weighted by atomic mass is 10.00. The van der Waals surface area contributed by atoms with E-state index < -0.39 is 4.92 Å². The Kier molecular flexibility index (Phi) is 3.95. The molecule has 0 N–H and O–H groups in total. The van der Waals surface area contributed by atoms with E-state index in [1.165, 1.54) is 18.3 Å². The summed E-state index contributed by atoms with van der Waals surface area (Å²) in [6, 6.07) is 13.4. The minimum Gasteiger partial charge on any atom is -0.376 e. The van der Waals surface area contributed by atoms with E-state index in [0.29, 0.717) is 27.7 Å². The summed E-state index contributed by atoms with van der Waals surface area (Å²) in [7, 11) is 3.60. The van der Waals surface area contributed by atoms with E-state index in [0.717, 1.165) is 0 Å². The Morgan fingerprint density at radius 1 is 1.12 bits per heavy atom. The number of nitro groups is 1. The fourth-order valence-corrected chi connectivity index (χ4v) is 2.67. The zero-order valence-electron chi connectivity index (χ0n) is 13.3. The number of nitro benzene ring substituents is 1. The van der Waals surface area contributed by atoms with Crippen LogP contribution >= 0.6 is 0 Å². The second-order valence-corrected chi connectivity index (χ2v) is 5.57. The topological polar surface area (TPSA) is 76.3 Å². The predicted molar refractivity (Wildman–Crippen MR) is 92.6 cm³/mol. The molecule has 120 valence electrons. The molecule has 0 bridgehead atoms. The number of carbonyl (C=O) groups is 1. The van der Waals surface area contributed by atoms with E-state index in [2.05, 4.69) is 4.98 Å². The molecule has 1 aromatic heterocycles. The monoisotopic (exact) mass is 321 g/mol. The van der Waals surface area contributed by atoms with Crippen LogP contribution in [0.1, 0.15) is 15.9 Å². The maximum absolute atomic E-state index is 12.8. The summed E-state index contributed by atoms with van der Waals surface area (Å²) < 4.78 is 0. The van der Waals surface area contributed by atoms with Crippen LogP contribution in [0.3, 0.4) is 0 Å². The van der Waals surface area contributed by atoms with Crippen molar-refractivity contribution in [2.24, 2.45) is 0 Å². The molecule has 0 aliphatic heterocycles. The van der Waals surface area contributed by atoms with E-state index >= 15 is 0 Å². The van der Waals surface area contributed by atoms with Gasteiger partial charge in [0.2, 0.25) is 0 Å². The van der Waals surface area contributed by atoms with Gasteiger partial charge in [-0.1, -0.05) is 30.3 Å². The lowest BCUT2D eigenvalue weighted by molar-refractivity contribution is -0.384. The van der Waals surface area contributed by atoms with Crippen LogP contribution in [0.2, 0.25) is 0 Å². The van der Waals surface area contributed by atoms with Crippen LogP contribution in [0.15, 0.2) is 54.7 Å². The predicted octanol–water partition coefficient (Wildman–Crippen LogP) is 3.44. The van der Waals surface area contributed by atoms with Gasteiger partial charge in [0.15, 0.2) is 5.78 Å². The highest BCUT2D eigenvalue weighted by Crippen LogP contribution is 2.32. The van der Waals surface area contributed by atoms with Crippen molar-refractivity contribution in [3.63, 3.8) is 0 Å². The van der Waals surface area contributed by atoms with E-state index in [1.54, 1.807) is 49.3 Å². The number of hydrogen-bond acceptors (Lipinski definition) is 5. The molecule has 0 saturated heterocycles. The molecule has 2 aromatic carbocycles. The van der Waals surface area contributed by atoms with Crippen molar-refractivity contribution in [3.05, 3.63) is 76.0 Å². The number of benzene rings is 2. The molecule has 0 saturated carbocycles. The number of pyridine rings is 1. The van der Waals surface area contributed by atoms with E-state index in [1.807, 2.05) is 6.07 Å². The number of aromatic nitrogens is 1. The number of hydrogen-bond donors (Lipinski definition) is 0. The zero-order chi connectivity index (χ0) is 17.3. The summed E-state index contributed by atoms with van der Waals surface area (Å²) in [6.07, 6.45) is 1.53. The Morgan fingerprint density at radius 2 is 1.83 bits per heavy atom. The average Bonchev–Trinajstić information content (AvgIpc) is 2.60. The first kappa shape index (κ1) is 15.6. The Bertz CT molecular complexity index is 937. The van der Waals surface area contributed by atoms with E-state index in [4.69, 9.17) is 0 Å². The van der Waals surface area contributed by atoms with Crippen molar-refractivity contribution in [2.75, 3.05) is 19.0 Å². The Labute approximate surface area is 138 Å². The van der Waals surface area contributed by atoms with Crippen molar-refractivity contribution in [2.45, 2.75) is 0 Å². The third-order valence-corrected chi connectivity index (χ3v) is 3.76. The zero-order valence-corrected chi connectivity index (χ0v) is 13.3. The molecular formula is C18H15N3O3. The van der Waals surface area contributed by atoms with Crippen molar-refractivity contribution in [1.29, 1.82) is 0 Å². The summed E-state index contributed by atoms with van der Waals surface area (Å²) in [4.78, 5) is 29.5. The SMILES string of the molecule is CN(C)c1c(C(=O)c2ccccc2)cnc2ccc([N+](=O)[O-])cc12. The third-order valence-electron chi connectivity index (χ3n) is 3.76. The van der Waals surface area contributed by atoms with Gasteiger partial charge < -0.3 is 4.90 Å². The molecule has 24 heavy (non-hydrogen) atoms. The fraction of sp³-hybridized carbons (Fsp3) is 0.111. The maximum atomic E-state index is 12.8. The average molecular weight is 321 g/mol. The van der Waals surface area contributed by atoms with Crippen LogP contribution in [-0.4, -0.2) is 29.8 Å². The molecule has 3 rings (SSSR count). The van der Waals surface area contributed by atoms with Crippen molar-refractivity contribution in [1.82, 2.24) is 4.98 Å². The number of anilines is 1. The van der Waals surface area contributed by atoms with Gasteiger partial charge in [0, 0.05) is 43.4 Å². The van der Waals surface area contributed by atoms with Gasteiger partial charge in [-0.15, -0.1) is 0 Å². The summed E-state index contributed by atoms with van der Waals surface area (Å²) in [5.41, 5.74) is 2.16. The number of ketones is 1. The van der Waals surface area contributed by atoms with Gasteiger partial charge in [0.1, 0.15) is 0 Å². The van der Waals surface area contributed by atoms with Crippen molar-refractivity contribution in [3.8, 4) is 0 Å². The van der Waals surface area contributed by atoms with Gasteiger partial charge in [0.05, 0.1) is 21.7 Å². The van der Waals surface area contributed by atoms with Gasteiger partial charge in [-0.2, -0.15) is 0 Å². The van der Waals surface area contributed by atoms with Crippen LogP contribution in [0.5, 0.6) is 0 Å². The summed E-state index contributed by atoms with van der Waals surface area (Å²) in [6.45, 7) is 0. The van der Waals surface area contributed by atoms with Crippen molar-refractivity contribution >= 4 is 28.1 Å². The van der Waals surface area contributed by atoms with Gasteiger partial charge in [-0.3, -0.25) is 19.9 Å². The molecule has 1 heterocycles. The smallest absolute Gasteiger partial charge is 0.270 e. The molecule has 0 fully saturated rings. The highest BCUT2D eigenvalue weighted by molar-refractivity contribution is 6.16. The Hall–Kier alpha value is -3.28. The number of rotatable bonds is 4. The van der Waals surface area contributed by atoms with Gasteiger partial charge >= 0.3 is 0 Å². The summed E-state index contributed by atoms with van der Waals surface area (Å²) in [5, 5.41) is 11.7. The van der Waals surface area contributed by atoms with Crippen LogP contribution < -0.4 is 4.90 Å². The summed E-state index contributed by atoms with van der Waals surface area (Å²) >= 11 is 0. The van der Waals surface area contributed by atoms with E-state index in [9.17, 15) is 14.9 Å². The number of nitrogens with zero attached hydrogens (tertiary/aromatic N) is 3. The van der Waals surface area contributed by atoms with Crippen LogP contribution in [0, 0.1) is 10.1 Å². The van der Waals surface area contributed by atoms with Crippen LogP contribution in [-0.2, 0) is 0 Å². The molecule has 3 aromatic rings.